The van der Waals surface area contributed by atoms with Crippen LogP contribution in [0.2, 0.25) is 0 Å². The van der Waals surface area contributed by atoms with Gasteiger partial charge in [-0.2, -0.15) is 0 Å². The third-order valence-corrected chi connectivity index (χ3v) is 5.14. The molecule has 0 amide bonds. The van der Waals surface area contributed by atoms with Crippen LogP contribution in [0.5, 0.6) is 0 Å². The molecule has 0 atom stereocenters. The molecular formula is C20H25BO2. The predicted octanol–water partition coefficient (Wildman–Crippen LogP) is 3.89. The van der Waals surface area contributed by atoms with Crippen LogP contribution in [0.4, 0.5) is 0 Å². The summed E-state index contributed by atoms with van der Waals surface area (Å²) in [6.45, 7) is 10.5. The summed E-state index contributed by atoms with van der Waals surface area (Å²) in [5, 5.41) is 0. The van der Waals surface area contributed by atoms with Crippen molar-refractivity contribution in [1.82, 2.24) is 0 Å². The van der Waals surface area contributed by atoms with Gasteiger partial charge < -0.3 is 9.31 Å². The van der Waals surface area contributed by atoms with Gasteiger partial charge in [-0.1, -0.05) is 48.5 Å². The summed E-state index contributed by atoms with van der Waals surface area (Å²) in [4.78, 5) is 0. The summed E-state index contributed by atoms with van der Waals surface area (Å²) >= 11 is 0. The average Bonchev–Trinajstić information content (AvgIpc) is 2.71. The summed E-state index contributed by atoms with van der Waals surface area (Å²) < 4.78 is 12.3. The molecular weight excluding hydrogens is 283 g/mol. The fourth-order valence-corrected chi connectivity index (χ4v) is 2.82. The largest absolute Gasteiger partial charge is 0.494 e. The second-order valence-corrected chi connectivity index (χ2v) is 7.44. The topological polar surface area (TPSA) is 18.5 Å². The molecule has 2 aromatic rings. The molecule has 0 spiro atoms. The highest BCUT2D eigenvalue weighted by Crippen LogP contribution is 2.36. The molecule has 1 aliphatic rings. The van der Waals surface area contributed by atoms with Crippen LogP contribution in [0.25, 0.3) is 0 Å². The lowest BCUT2D eigenvalue weighted by atomic mass is 9.77. The van der Waals surface area contributed by atoms with Gasteiger partial charge in [0.2, 0.25) is 0 Å². The van der Waals surface area contributed by atoms with Crippen LogP contribution >= 0.6 is 0 Å². The van der Waals surface area contributed by atoms with Crippen molar-refractivity contribution in [3.63, 3.8) is 0 Å². The minimum absolute atomic E-state index is 0.296. The summed E-state index contributed by atoms with van der Waals surface area (Å²) in [7, 11) is -0.296. The van der Waals surface area contributed by atoms with Gasteiger partial charge >= 0.3 is 7.12 Å². The average molecular weight is 308 g/mol. The molecule has 1 saturated heterocycles. The Balaban J connectivity index is 1.87. The van der Waals surface area contributed by atoms with Crippen molar-refractivity contribution < 1.29 is 9.31 Å². The Bertz CT molecular complexity index is 676. The zero-order valence-corrected chi connectivity index (χ0v) is 14.7. The highest BCUT2D eigenvalue weighted by Gasteiger charge is 2.51. The van der Waals surface area contributed by atoms with Crippen LogP contribution in [-0.4, -0.2) is 18.3 Å². The van der Waals surface area contributed by atoms with E-state index in [1.165, 1.54) is 16.7 Å². The summed E-state index contributed by atoms with van der Waals surface area (Å²) in [6, 6.07) is 17.1. The highest BCUT2D eigenvalue weighted by atomic mass is 16.7. The van der Waals surface area contributed by atoms with Crippen molar-refractivity contribution in [2.45, 2.75) is 52.2 Å². The van der Waals surface area contributed by atoms with Gasteiger partial charge in [0.15, 0.2) is 0 Å². The van der Waals surface area contributed by atoms with Gasteiger partial charge in [0.25, 0.3) is 0 Å². The SMILES string of the molecule is Cc1ccc(B2OC(C)(C)C(C)(C)O2)cc1Cc1ccccc1. The molecule has 0 aliphatic carbocycles. The molecule has 3 heteroatoms. The monoisotopic (exact) mass is 308 g/mol. The lowest BCUT2D eigenvalue weighted by Crippen LogP contribution is -2.41. The second kappa shape index (κ2) is 5.81. The molecule has 0 bridgehead atoms. The van der Waals surface area contributed by atoms with E-state index in [4.69, 9.17) is 9.31 Å². The van der Waals surface area contributed by atoms with Crippen LogP contribution in [-0.2, 0) is 15.7 Å². The van der Waals surface area contributed by atoms with Crippen LogP contribution in [0, 0.1) is 6.92 Å². The Kier molecular flexibility index (Phi) is 4.11. The number of hydrogen-bond acceptors (Lipinski definition) is 2. The van der Waals surface area contributed by atoms with Crippen molar-refractivity contribution in [3.05, 3.63) is 65.2 Å². The number of benzene rings is 2. The molecule has 2 nitrogen and oxygen atoms in total. The zero-order chi connectivity index (χ0) is 16.7. The first kappa shape index (κ1) is 16.3. The fraction of sp³-hybridized carbons (Fsp3) is 0.400. The van der Waals surface area contributed by atoms with E-state index in [0.717, 1.165) is 11.9 Å². The van der Waals surface area contributed by atoms with Crippen molar-refractivity contribution >= 4 is 12.6 Å². The van der Waals surface area contributed by atoms with E-state index in [-0.39, 0.29) is 18.3 Å². The Labute approximate surface area is 140 Å². The van der Waals surface area contributed by atoms with E-state index in [1.54, 1.807) is 0 Å². The number of rotatable bonds is 3. The van der Waals surface area contributed by atoms with Crippen molar-refractivity contribution in [1.29, 1.82) is 0 Å². The lowest BCUT2D eigenvalue weighted by Gasteiger charge is -2.32. The van der Waals surface area contributed by atoms with Gasteiger partial charge in [-0.15, -0.1) is 0 Å². The second-order valence-electron chi connectivity index (χ2n) is 7.44. The van der Waals surface area contributed by atoms with Gasteiger partial charge in [-0.3, -0.25) is 0 Å². The van der Waals surface area contributed by atoms with E-state index in [9.17, 15) is 0 Å². The predicted molar refractivity (Wildman–Crippen MR) is 96.1 cm³/mol. The molecule has 0 saturated carbocycles. The first-order valence-corrected chi connectivity index (χ1v) is 8.27. The van der Waals surface area contributed by atoms with E-state index in [1.807, 2.05) is 0 Å². The molecule has 120 valence electrons. The maximum Gasteiger partial charge on any atom is 0.494 e. The summed E-state index contributed by atoms with van der Waals surface area (Å²) in [5.41, 5.74) is 4.43. The minimum atomic E-state index is -0.303. The number of hydrogen-bond donors (Lipinski definition) is 0. The lowest BCUT2D eigenvalue weighted by molar-refractivity contribution is 0.00578. The van der Waals surface area contributed by atoms with E-state index < -0.39 is 0 Å². The van der Waals surface area contributed by atoms with Gasteiger partial charge in [-0.25, -0.2) is 0 Å². The van der Waals surface area contributed by atoms with Crippen LogP contribution in [0.15, 0.2) is 48.5 Å². The summed E-state index contributed by atoms with van der Waals surface area (Å²) in [5.74, 6) is 0. The van der Waals surface area contributed by atoms with Crippen molar-refractivity contribution in [2.75, 3.05) is 0 Å². The van der Waals surface area contributed by atoms with Crippen molar-refractivity contribution in [3.8, 4) is 0 Å². The Hall–Kier alpha value is -1.58. The molecule has 3 rings (SSSR count). The van der Waals surface area contributed by atoms with E-state index in [2.05, 4.69) is 83.1 Å². The van der Waals surface area contributed by atoms with Crippen molar-refractivity contribution in [2.24, 2.45) is 0 Å². The summed E-state index contributed by atoms with van der Waals surface area (Å²) in [6.07, 6.45) is 0.931. The molecule has 0 unspecified atom stereocenters. The van der Waals surface area contributed by atoms with Crippen LogP contribution in [0.3, 0.4) is 0 Å². The van der Waals surface area contributed by atoms with E-state index >= 15 is 0 Å². The Morgan fingerprint density at radius 3 is 2.09 bits per heavy atom. The van der Waals surface area contributed by atoms with E-state index in [0.29, 0.717) is 0 Å². The minimum Gasteiger partial charge on any atom is -0.399 e. The van der Waals surface area contributed by atoms with Crippen LogP contribution in [0.1, 0.15) is 44.4 Å². The normalized spacial score (nSPS) is 19.1. The molecule has 2 aromatic carbocycles. The quantitative estimate of drug-likeness (QED) is 0.801. The third-order valence-electron chi connectivity index (χ3n) is 5.14. The van der Waals surface area contributed by atoms with Gasteiger partial charge in [-0.05, 0) is 63.2 Å². The molecule has 23 heavy (non-hydrogen) atoms. The molecule has 0 aromatic heterocycles. The molecule has 0 radical (unpaired) electrons. The zero-order valence-electron chi connectivity index (χ0n) is 14.7. The first-order valence-electron chi connectivity index (χ1n) is 8.27. The smallest absolute Gasteiger partial charge is 0.399 e. The molecule has 0 N–H and O–H groups in total. The fourth-order valence-electron chi connectivity index (χ4n) is 2.82. The molecule has 1 aliphatic heterocycles. The van der Waals surface area contributed by atoms with Crippen LogP contribution < -0.4 is 5.46 Å². The third kappa shape index (κ3) is 3.22. The molecule has 1 fully saturated rings. The Morgan fingerprint density at radius 1 is 0.870 bits per heavy atom. The highest BCUT2D eigenvalue weighted by molar-refractivity contribution is 6.62. The standard InChI is InChI=1S/C20H25BO2/c1-15-11-12-18(21-22-19(2,3)20(4,5)23-21)14-17(15)13-16-9-7-6-8-10-16/h6-12,14H,13H2,1-5H3. The van der Waals surface area contributed by atoms with Gasteiger partial charge in [0.05, 0.1) is 11.2 Å². The maximum absolute atomic E-state index is 6.17. The van der Waals surface area contributed by atoms with Gasteiger partial charge in [0.1, 0.15) is 0 Å². The number of aryl methyl sites for hydroxylation is 1. The maximum atomic E-state index is 6.17. The van der Waals surface area contributed by atoms with Gasteiger partial charge in [0, 0.05) is 0 Å². The molecule has 1 heterocycles. The Morgan fingerprint density at radius 2 is 1.48 bits per heavy atom. The first-order chi connectivity index (χ1) is 10.8.